The lowest BCUT2D eigenvalue weighted by Crippen LogP contribution is -2.55. The van der Waals surface area contributed by atoms with Gasteiger partial charge in [-0.25, -0.2) is 0 Å². The molecule has 2 N–H and O–H groups in total. The minimum Gasteiger partial charge on any atom is -0.396 e. The van der Waals surface area contributed by atoms with Crippen LogP contribution < -0.4 is 5.32 Å². The topological polar surface area (TPSA) is 65.3 Å². The van der Waals surface area contributed by atoms with Gasteiger partial charge in [-0.1, -0.05) is 6.92 Å². The summed E-state index contributed by atoms with van der Waals surface area (Å²) in [5.41, 5.74) is -0.668. The molecule has 4 heteroatoms. The summed E-state index contributed by atoms with van der Waals surface area (Å²) in [4.78, 5) is 0. The first kappa shape index (κ1) is 13.4. The third kappa shape index (κ3) is 3.18. The van der Waals surface area contributed by atoms with Crippen molar-refractivity contribution in [3.8, 4) is 6.07 Å². The normalized spacial score (nSPS) is 34.6. The number of rotatable bonds is 5. The van der Waals surface area contributed by atoms with E-state index in [9.17, 15) is 5.26 Å². The second-order valence-electron chi connectivity index (χ2n) is 4.78. The van der Waals surface area contributed by atoms with Gasteiger partial charge in [0.25, 0.3) is 0 Å². The molecule has 0 aromatic carbocycles. The van der Waals surface area contributed by atoms with Crippen molar-refractivity contribution < 1.29 is 9.84 Å². The Morgan fingerprint density at radius 2 is 2.31 bits per heavy atom. The second kappa shape index (κ2) is 5.62. The lowest BCUT2D eigenvalue weighted by atomic mass is 9.80. The van der Waals surface area contributed by atoms with Crippen LogP contribution in [-0.4, -0.2) is 36.0 Å². The zero-order valence-electron chi connectivity index (χ0n) is 10.3. The maximum atomic E-state index is 9.34. The van der Waals surface area contributed by atoms with Crippen molar-refractivity contribution in [2.75, 3.05) is 19.8 Å². The molecule has 92 valence electrons. The average Bonchev–Trinajstić information content (AvgIpc) is 2.30. The van der Waals surface area contributed by atoms with Crippen LogP contribution in [0.1, 0.15) is 39.5 Å². The van der Waals surface area contributed by atoms with Crippen molar-refractivity contribution >= 4 is 0 Å². The second-order valence-corrected chi connectivity index (χ2v) is 4.78. The quantitative estimate of drug-likeness (QED) is 0.691. The van der Waals surface area contributed by atoms with Gasteiger partial charge in [0.05, 0.1) is 18.3 Å². The van der Waals surface area contributed by atoms with Gasteiger partial charge in [-0.15, -0.1) is 0 Å². The van der Waals surface area contributed by atoms with E-state index in [0.717, 1.165) is 19.3 Å². The number of hydrogen-bond donors (Lipinski definition) is 2. The molecular weight excluding hydrogens is 204 g/mol. The lowest BCUT2D eigenvalue weighted by Gasteiger charge is -2.42. The largest absolute Gasteiger partial charge is 0.396 e. The number of nitrogens with one attached hydrogen (secondary N) is 1. The molecule has 2 atom stereocenters. The number of hydrogen-bond acceptors (Lipinski definition) is 4. The Morgan fingerprint density at radius 3 is 2.88 bits per heavy atom. The Hall–Kier alpha value is -0.630. The SMILES string of the molecule is CCC1(C)CC(C#N)(NCCCO)CCO1. The summed E-state index contributed by atoms with van der Waals surface area (Å²) in [6, 6.07) is 2.39. The van der Waals surface area contributed by atoms with Crippen LogP contribution in [0.25, 0.3) is 0 Å². The monoisotopic (exact) mass is 226 g/mol. The third-order valence-corrected chi connectivity index (χ3v) is 3.42. The molecule has 1 heterocycles. The zero-order valence-corrected chi connectivity index (χ0v) is 10.3. The molecule has 0 aromatic rings. The van der Waals surface area contributed by atoms with Crippen molar-refractivity contribution in [1.29, 1.82) is 5.26 Å². The van der Waals surface area contributed by atoms with Gasteiger partial charge in [0.15, 0.2) is 0 Å². The van der Waals surface area contributed by atoms with Crippen molar-refractivity contribution in [3.63, 3.8) is 0 Å². The van der Waals surface area contributed by atoms with Gasteiger partial charge in [0.2, 0.25) is 0 Å². The minimum atomic E-state index is -0.474. The number of nitriles is 1. The predicted octanol–water partition coefficient (Wildman–Crippen LogP) is 1.20. The minimum absolute atomic E-state index is 0.163. The van der Waals surface area contributed by atoms with Gasteiger partial charge in [0.1, 0.15) is 5.54 Å². The first-order valence-electron chi connectivity index (χ1n) is 6.01. The molecule has 2 unspecified atom stereocenters. The molecule has 0 aliphatic carbocycles. The summed E-state index contributed by atoms with van der Waals surface area (Å²) < 4.78 is 5.74. The van der Waals surface area contributed by atoms with Crippen LogP contribution in [0.5, 0.6) is 0 Å². The molecule has 0 saturated carbocycles. The summed E-state index contributed by atoms with van der Waals surface area (Å²) in [6.45, 7) is 5.62. The van der Waals surface area contributed by atoms with Gasteiger partial charge in [-0.2, -0.15) is 5.26 Å². The summed E-state index contributed by atoms with van der Waals surface area (Å²) in [6.07, 6.45) is 3.05. The van der Waals surface area contributed by atoms with Crippen molar-refractivity contribution in [3.05, 3.63) is 0 Å². The van der Waals surface area contributed by atoms with E-state index < -0.39 is 5.54 Å². The molecule has 1 saturated heterocycles. The molecule has 0 bridgehead atoms. The van der Waals surface area contributed by atoms with Crippen molar-refractivity contribution in [1.82, 2.24) is 5.32 Å². The Balaban J connectivity index is 2.61. The highest BCUT2D eigenvalue weighted by Crippen LogP contribution is 2.34. The van der Waals surface area contributed by atoms with Crippen LogP contribution in [0.2, 0.25) is 0 Å². The molecule has 1 aliphatic rings. The smallest absolute Gasteiger partial charge is 0.111 e. The van der Waals surface area contributed by atoms with E-state index >= 15 is 0 Å². The van der Waals surface area contributed by atoms with Crippen LogP contribution in [-0.2, 0) is 4.74 Å². The summed E-state index contributed by atoms with van der Waals surface area (Å²) in [5, 5.41) is 21.4. The molecule has 1 aliphatic heterocycles. The molecule has 16 heavy (non-hydrogen) atoms. The highest BCUT2D eigenvalue weighted by atomic mass is 16.5. The number of aliphatic hydroxyl groups is 1. The summed E-state index contributed by atoms with van der Waals surface area (Å²) >= 11 is 0. The third-order valence-electron chi connectivity index (χ3n) is 3.42. The number of ether oxygens (including phenoxy) is 1. The fraction of sp³-hybridized carbons (Fsp3) is 0.917. The molecule has 1 fully saturated rings. The fourth-order valence-electron chi connectivity index (χ4n) is 2.17. The average molecular weight is 226 g/mol. The van der Waals surface area contributed by atoms with E-state index in [2.05, 4.69) is 25.2 Å². The van der Waals surface area contributed by atoms with E-state index in [0.29, 0.717) is 19.6 Å². The molecule has 0 aromatic heterocycles. The van der Waals surface area contributed by atoms with Crippen LogP contribution in [0.15, 0.2) is 0 Å². The van der Waals surface area contributed by atoms with Gasteiger partial charge in [-0.3, -0.25) is 5.32 Å². The van der Waals surface area contributed by atoms with Gasteiger partial charge in [-0.05, 0) is 26.3 Å². The van der Waals surface area contributed by atoms with Crippen molar-refractivity contribution in [2.24, 2.45) is 0 Å². The van der Waals surface area contributed by atoms with Crippen LogP contribution in [0, 0.1) is 11.3 Å². The van der Waals surface area contributed by atoms with E-state index in [4.69, 9.17) is 9.84 Å². The molecule has 0 amide bonds. The van der Waals surface area contributed by atoms with Crippen LogP contribution >= 0.6 is 0 Å². The van der Waals surface area contributed by atoms with Gasteiger partial charge >= 0.3 is 0 Å². The Labute approximate surface area is 97.6 Å². The van der Waals surface area contributed by atoms with E-state index in [-0.39, 0.29) is 12.2 Å². The summed E-state index contributed by atoms with van der Waals surface area (Å²) in [7, 11) is 0. The number of nitrogens with zero attached hydrogens (tertiary/aromatic N) is 1. The predicted molar refractivity (Wildman–Crippen MR) is 61.9 cm³/mol. The van der Waals surface area contributed by atoms with E-state index in [1.807, 2.05) is 0 Å². The molecule has 0 radical (unpaired) electrons. The Morgan fingerprint density at radius 1 is 1.56 bits per heavy atom. The highest BCUT2D eigenvalue weighted by Gasteiger charge is 2.42. The molecular formula is C12H22N2O2. The first-order valence-corrected chi connectivity index (χ1v) is 6.01. The lowest BCUT2D eigenvalue weighted by molar-refractivity contribution is -0.0903. The van der Waals surface area contributed by atoms with E-state index in [1.54, 1.807) is 0 Å². The van der Waals surface area contributed by atoms with E-state index in [1.165, 1.54) is 0 Å². The van der Waals surface area contributed by atoms with Crippen LogP contribution in [0.4, 0.5) is 0 Å². The Bertz CT molecular complexity index is 264. The first-order chi connectivity index (χ1) is 7.60. The van der Waals surface area contributed by atoms with Gasteiger partial charge in [0, 0.05) is 19.4 Å². The Kier molecular flexibility index (Phi) is 4.72. The zero-order chi connectivity index (χ0) is 12.1. The maximum Gasteiger partial charge on any atom is 0.111 e. The van der Waals surface area contributed by atoms with Gasteiger partial charge < -0.3 is 9.84 Å². The molecule has 1 rings (SSSR count). The molecule has 0 spiro atoms. The number of aliphatic hydroxyl groups excluding tert-OH is 1. The standard InChI is InChI=1S/C12H22N2O2/c1-3-11(2)9-12(10-13,5-8-16-11)14-6-4-7-15/h14-15H,3-9H2,1-2H3. The fourth-order valence-corrected chi connectivity index (χ4v) is 2.17. The summed E-state index contributed by atoms with van der Waals surface area (Å²) in [5.74, 6) is 0. The maximum absolute atomic E-state index is 9.34. The van der Waals surface area contributed by atoms with Crippen LogP contribution in [0.3, 0.4) is 0 Å². The molecule has 4 nitrogen and oxygen atoms in total. The highest BCUT2D eigenvalue weighted by molar-refractivity contribution is 5.12. The van der Waals surface area contributed by atoms with Crippen molar-refractivity contribution in [2.45, 2.75) is 50.7 Å².